The Kier molecular flexibility index (Phi) is 21.8. The van der Waals surface area contributed by atoms with Gasteiger partial charge in [0.25, 0.3) is 0 Å². The highest BCUT2D eigenvalue weighted by Crippen LogP contribution is 2.38. The Bertz CT molecular complexity index is 6150. The summed E-state index contributed by atoms with van der Waals surface area (Å²) in [5, 5.41) is 19.0. The van der Waals surface area contributed by atoms with Crippen molar-refractivity contribution in [2.75, 3.05) is 0 Å². The Morgan fingerprint density at radius 2 is 0.600 bits per heavy atom. The number of hydrogen-bond acceptors (Lipinski definition) is 1. The molecule has 0 unspecified atom stereocenters. The molecule has 0 N–H and O–H groups in total. The lowest BCUT2D eigenvalue weighted by Gasteiger charge is -2.09. The van der Waals surface area contributed by atoms with Crippen LogP contribution in [0.5, 0.6) is 0 Å². The van der Waals surface area contributed by atoms with Gasteiger partial charge in [0.15, 0.2) is 0 Å². The summed E-state index contributed by atoms with van der Waals surface area (Å²) in [6, 6.07) is 113. The maximum atomic E-state index is 2.37. The summed E-state index contributed by atoms with van der Waals surface area (Å²) in [6.07, 6.45) is 0. The van der Waals surface area contributed by atoms with Gasteiger partial charge in [-0.2, -0.15) is 0 Å². The molecular formula is C102H94N2S. The molecule has 0 radical (unpaired) electrons. The van der Waals surface area contributed by atoms with E-state index in [0.29, 0.717) is 0 Å². The predicted molar refractivity (Wildman–Crippen MR) is 463 cm³/mol. The van der Waals surface area contributed by atoms with Crippen molar-refractivity contribution in [1.29, 1.82) is 0 Å². The first-order valence-corrected chi connectivity index (χ1v) is 37.5. The highest BCUT2D eigenvalue weighted by Gasteiger charge is 2.16. The van der Waals surface area contributed by atoms with E-state index in [0.717, 1.165) is 0 Å². The molecule has 16 aromatic carbocycles. The summed E-state index contributed by atoms with van der Waals surface area (Å²) < 4.78 is 7.55. The van der Waals surface area contributed by atoms with Crippen LogP contribution in [0.25, 0.3) is 118 Å². The Hall–Kier alpha value is -11.6. The number of para-hydroxylation sites is 3. The average Bonchev–Trinajstić information content (AvgIpc) is 1.57. The first-order valence-electron chi connectivity index (χ1n) is 36.7. The number of nitrogens with zero attached hydrogens (tertiary/aromatic N) is 2. The normalized spacial score (nSPS) is 11.0. The highest BCUT2D eigenvalue weighted by atomic mass is 32.1. The van der Waals surface area contributed by atoms with E-state index in [4.69, 9.17) is 0 Å². The van der Waals surface area contributed by atoms with E-state index in [2.05, 4.69) is 422 Å². The van der Waals surface area contributed by atoms with Crippen LogP contribution in [0.4, 0.5) is 0 Å². The van der Waals surface area contributed by atoms with E-state index in [-0.39, 0.29) is 0 Å². The number of hydrogen-bond donors (Lipinski definition) is 0. The third-order valence-electron chi connectivity index (χ3n) is 20.4. The molecule has 0 aliphatic heterocycles. The minimum atomic E-state index is 1.22. The van der Waals surface area contributed by atoms with Gasteiger partial charge < -0.3 is 9.13 Å². The van der Waals surface area contributed by atoms with Crippen molar-refractivity contribution in [1.82, 2.24) is 9.13 Å². The van der Waals surface area contributed by atoms with Crippen molar-refractivity contribution < 1.29 is 0 Å². The highest BCUT2D eigenvalue weighted by molar-refractivity contribution is 7.26. The molecule has 3 heteroatoms. The van der Waals surface area contributed by atoms with Crippen LogP contribution in [-0.2, 0) is 0 Å². The number of aromatic nitrogens is 2. The van der Waals surface area contributed by atoms with Crippen LogP contribution in [-0.4, -0.2) is 9.13 Å². The first kappa shape index (κ1) is 71.8. The van der Waals surface area contributed by atoms with Gasteiger partial charge in [-0.25, -0.2) is 0 Å². The van der Waals surface area contributed by atoms with Crippen molar-refractivity contribution in [3.63, 3.8) is 0 Å². The lowest BCUT2D eigenvalue weighted by molar-refractivity contribution is 1.17. The molecule has 0 atom stereocenters. The Morgan fingerprint density at radius 3 is 1.20 bits per heavy atom. The maximum Gasteiger partial charge on any atom is 0.0570 e. The molecule has 0 fully saturated rings. The molecule has 0 saturated heterocycles. The van der Waals surface area contributed by atoms with Gasteiger partial charge in [-0.1, -0.05) is 283 Å². The smallest absolute Gasteiger partial charge is 0.0570 e. The van der Waals surface area contributed by atoms with E-state index >= 15 is 0 Å². The van der Waals surface area contributed by atoms with Crippen molar-refractivity contribution in [3.05, 3.63) is 393 Å². The first-order chi connectivity index (χ1) is 50.9. The van der Waals surface area contributed by atoms with Crippen LogP contribution in [0, 0.1) is 96.9 Å². The molecule has 2 nitrogen and oxygen atoms in total. The lowest BCUT2D eigenvalue weighted by Crippen LogP contribution is -1.94. The summed E-state index contributed by atoms with van der Waals surface area (Å²) in [4.78, 5) is 0. The van der Waals surface area contributed by atoms with Gasteiger partial charge in [-0.05, 0) is 251 Å². The van der Waals surface area contributed by atoms with E-state index < -0.39 is 0 Å². The summed E-state index contributed by atoms with van der Waals surface area (Å²) in [5.41, 5.74) is 26.4. The second-order valence-corrected chi connectivity index (χ2v) is 29.6. The third kappa shape index (κ3) is 15.8. The fraction of sp³-hybridized carbons (Fsp3) is 0.137. The molecule has 3 heterocycles. The quantitative estimate of drug-likeness (QED) is 0.163. The van der Waals surface area contributed by atoms with E-state index in [1.165, 1.54) is 196 Å². The molecule has 0 aliphatic rings. The molecule has 0 saturated carbocycles. The van der Waals surface area contributed by atoms with Crippen LogP contribution >= 0.6 is 11.3 Å². The van der Waals surface area contributed by atoms with Gasteiger partial charge in [0.1, 0.15) is 0 Å². The molecule has 0 amide bonds. The Balaban J connectivity index is 0.000000110. The van der Waals surface area contributed by atoms with Crippen LogP contribution in [0.3, 0.4) is 0 Å². The summed E-state index contributed by atoms with van der Waals surface area (Å²) in [6.45, 7) is 30.2. The third-order valence-corrected chi connectivity index (χ3v) is 21.7. The lowest BCUT2D eigenvalue weighted by atomic mass is 10.0. The number of thiophene rings is 1. The molecule has 3 aromatic heterocycles. The maximum absolute atomic E-state index is 2.37. The van der Waals surface area contributed by atoms with Crippen LogP contribution in [0.15, 0.2) is 315 Å². The average molecular weight is 1380 g/mol. The Labute approximate surface area is 624 Å². The van der Waals surface area contributed by atoms with Crippen molar-refractivity contribution >= 4 is 118 Å². The molecular weight excluding hydrogens is 1290 g/mol. The number of benzene rings is 16. The van der Waals surface area contributed by atoms with Gasteiger partial charge in [0, 0.05) is 53.1 Å². The van der Waals surface area contributed by atoms with Gasteiger partial charge in [-0.15, -0.1) is 11.3 Å². The number of aryl methyl sites for hydroxylation is 14. The zero-order valence-electron chi connectivity index (χ0n) is 63.3. The number of fused-ring (bicyclic) bond motifs is 13. The van der Waals surface area contributed by atoms with Gasteiger partial charge >= 0.3 is 0 Å². The van der Waals surface area contributed by atoms with E-state index in [9.17, 15) is 0 Å². The van der Waals surface area contributed by atoms with Crippen molar-refractivity contribution in [2.45, 2.75) is 96.9 Å². The van der Waals surface area contributed by atoms with Crippen LogP contribution in [0.1, 0.15) is 77.9 Å². The number of rotatable bonds is 2. The molecule has 0 aliphatic carbocycles. The zero-order valence-corrected chi connectivity index (χ0v) is 64.1. The van der Waals surface area contributed by atoms with Crippen molar-refractivity contribution in [2.24, 2.45) is 0 Å². The topological polar surface area (TPSA) is 9.86 Å². The van der Waals surface area contributed by atoms with Gasteiger partial charge in [-0.3, -0.25) is 0 Å². The molecule has 518 valence electrons. The molecule has 0 spiro atoms. The Morgan fingerprint density at radius 1 is 0.200 bits per heavy atom. The molecule has 105 heavy (non-hydrogen) atoms. The molecule has 19 aromatic rings. The fourth-order valence-electron chi connectivity index (χ4n) is 14.7. The van der Waals surface area contributed by atoms with Crippen molar-refractivity contribution in [3.8, 4) is 11.4 Å². The second-order valence-electron chi connectivity index (χ2n) is 28.5. The van der Waals surface area contributed by atoms with Gasteiger partial charge in [0.05, 0.1) is 22.1 Å². The SMILES string of the molecule is Cc1cc2ccccc2cc1C.Cc1ccc(-n2c3ccccc3c3c(C)cccc32)cc1.Cc1ccc2c(c1)c1cccc(C)c1n2-c1ccccc1.Cc1ccc2cc(C)ccc2c1.Cc1ccc2sc3c(C)cccc3c2c1.Cc1cccc2c(C)cccc12.Cc1cccc2cccc(C)c12. The zero-order chi connectivity index (χ0) is 73.4. The second kappa shape index (κ2) is 32.0. The van der Waals surface area contributed by atoms with Crippen LogP contribution < -0.4 is 0 Å². The largest absolute Gasteiger partial charge is 0.309 e. The monoisotopic (exact) mass is 1380 g/mol. The van der Waals surface area contributed by atoms with E-state index in [1.807, 2.05) is 11.3 Å². The van der Waals surface area contributed by atoms with Crippen LogP contribution in [0.2, 0.25) is 0 Å². The minimum Gasteiger partial charge on any atom is -0.309 e. The minimum absolute atomic E-state index is 1.22. The van der Waals surface area contributed by atoms with E-state index in [1.54, 1.807) is 0 Å². The molecule has 19 rings (SSSR count). The predicted octanol–water partition coefficient (Wildman–Crippen LogP) is 29.3. The summed E-state index contributed by atoms with van der Waals surface area (Å²) in [5.74, 6) is 0. The standard InChI is InChI=1S/2C20H17N.C14H12S.4C12H12/c1-14-10-12-16(13-11-14)21-18-8-4-3-7-17(18)20-15(2)6-5-9-19(20)21;1-14-11-12-19-18(13-14)17-10-6-7-15(2)20(17)21(19)16-8-4-3-5-9-16;1-9-6-7-13-12(8-9)11-5-3-4-10(2)14(11)15-13;1-9-3-5-12-8-10(2)4-6-11(12)7-9;1-9-5-3-8-12-10(2)6-4-7-11(9)12;1-9-5-3-7-11-8-4-6-10(2)12(9)11;1-9-7-11-5-3-4-6-12(11)8-10(9)2/h2*3-13H,1-2H3;3-8H,1-2H3;4*3-8H,1-2H3. The van der Waals surface area contributed by atoms with Gasteiger partial charge in [0.2, 0.25) is 0 Å². The fourth-order valence-corrected chi connectivity index (χ4v) is 15.9. The summed E-state index contributed by atoms with van der Waals surface area (Å²) >= 11 is 1.90. The summed E-state index contributed by atoms with van der Waals surface area (Å²) in [7, 11) is 0. The molecule has 0 bridgehead atoms.